The van der Waals surface area contributed by atoms with Gasteiger partial charge in [0.05, 0.1) is 6.04 Å². The molecule has 2 saturated heterocycles. The van der Waals surface area contributed by atoms with Gasteiger partial charge in [-0.2, -0.15) is 13.2 Å². The first kappa shape index (κ1) is 31.7. The van der Waals surface area contributed by atoms with Gasteiger partial charge in [0.1, 0.15) is 12.1 Å². The zero-order chi connectivity index (χ0) is 31.0. The maximum Gasteiger partial charge on any atom is 0.471 e. The predicted molar refractivity (Wildman–Crippen MR) is 142 cm³/mol. The van der Waals surface area contributed by atoms with E-state index in [2.05, 4.69) is 16.0 Å². The van der Waals surface area contributed by atoms with E-state index in [1.54, 1.807) is 0 Å². The molecule has 4 rings (SSSR count). The molecule has 2 aliphatic carbocycles. The standard InChI is InChI=1S/C28H40F3N5O6/c1-27(2,3)21(35-26(42)28(29,30)31)25(41)36-18-7-5-4-6-14(18)13-19(36)23(39)34-17(12-15-10-11-32-22(15)38)20(37)24(40)33-16-8-9-16/h14-19,21H,4-13H2,1-3H3,(H,32,38)(H,33,40)(H,34,39)(H,35,42)/t14-,15-,17-,18-,19-,21+/m0/s1. The van der Waals surface area contributed by atoms with Crippen molar-refractivity contribution in [3.05, 3.63) is 0 Å². The Kier molecular flexibility index (Phi) is 9.22. The smallest absolute Gasteiger partial charge is 0.356 e. The van der Waals surface area contributed by atoms with E-state index in [1.165, 1.54) is 25.7 Å². The van der Waals surface area contributed by atoms with Crippen molar-refractivity contribution < 1.29 is 41.9 Å². The fourth-order valence-electron chi connectivity index (χ4n) is 6.32. The maximum absolute atomic E-state index is 14.0. The van der Waals surface area contributed by atoms with Crippen LogP contribution in [0.15, 0.2) is 0 Å². The van der Waals surface area contributed by atoms with Crippen LogP contribution in [0.2, 0.25) is 0 Å². The van der Waals surface area contributed by atoms with Crippen LogP contribution in [0.25, 0.3) is 0 Å². The highest BCUT2D eigenvalue weighted by Gasteiger charge is 2.52. The van der Waals surface area contributed by atoms with Crippen LogP contribution in [-0.4, -0.2) is 83.1 Å². The molecule has 0 spiro atoms. The number of Topliss-reactive ketones (excluding diaryl/α,β-unsaturated/α-hetero) is 1. The zero-order valence-corrected chi connectivity index (χ0v) is 24.1. The van der Waals surface area contributed by atoms with Crippen LogP contribution in [0.1, 0.15) is 78.6 Å². The molecule has 2 saturated carbocycles. The number of rotatable bonds is 9. The average molecular weight is 600 g/mol. The monoisotopic (exact) mass is 599 g/mol. The number of fused-ring (bicyclic) bond motifs is 1. The summed E-state index contributed by atoms with van der Waals surface area (Å²) < 4.78 is 39.5. The molecule has 4 fully saturated rings. The van der Waals surface area contributed by atoms with Gasteiger partial charge in [-0.15, -0.1) is 0 Å². The van der Waals surface area contributed by atoms with Crippen LogP contribution in [-0.2, 0) is 28.8 Å². The third-order valence-corrected chi connectivity index (χ3v) is 8.74. The van der Waals surface area contributed by atoms with Crippen LogP contribution in [0.3, 0.4) is 0 Å². The number of carbonyl (C=O) groups excluding carboxylic acids is 6. The number of ketones is 1. The van der Waals surface area contributed by atoms with Crippen LogP contribution >= 0.6 is 0 Å². The molecule has 0 aromatic carbocycles. The van der Waals surface area contributed by atoms with Crippen molar-refractivity contribution in [2.24, 2.45) is 17.3 Å². The number of hydrogen-bond donors (Lipinski definition) is 4. The summed E-state index contributed by atoms with van der Waals surface area (Å²) in [5, 5.41) is 9.75. The highest BCUT2D eigenvalue weighted by molar-refractivity contribution is 6.38. The van der Waals surface area contributed by atoms with Crippen molar-refractivity contribution >= 4 is 35.3 Å². The number of likely N-dealkylation sites (tertiary alicyclic amines) is 1. The molecule has 0 aromatic rings. The second-order valence-corrected chi connectivity index (χ2v) is 13.1. The fourth-order valence-corrected chi connectivity index (χ4v) is 6.32. The predicted octanol–water partition coefficient (Wildman–Crippen LogP) is 1.10. The van der Waals surface area contributed by atoms with Gasteiger partial charge in [-0.3, -0.25) is 28.8 Å². The van der Waals surface area contributed by atoms with Gasteiger partial charge in [0, 0.05) is 24.5 Å². The van der Waals surface area contributed by atoms with E-state index in [0.717, 1.165) is 25.7 Å². The number of nitrogens with one attached hydrogen (secondary N) is 4. The molecule has 2 aliphatic heterocycles. The summed E-state index contributed by atoms with van der Waals surface area (Å²) in [6.07, 6.45) is -0.309. The molecule has 0 unspecified atom stereocenters. The van der Waals surface area contributed by atoms with Crippen LogP contribution in [0, 0.1) is 17.3 Å². The van der Waals surface area contributed by atoms with E-state index in [-0.39, 0.29) is 30.7 Å². The summed E-state index contributed by atoms with van der Waals surface area (Å²) in [4.78, 5) is 79.1. The lowest BCUT2D eigenvalue weighted by Crippen LogP contribution is -2.62. The molecule has 6 atom stereocenters. The van der Waals surface area contributed by atoms with Gasteiger partial charge in [-0.1, -0.05) is 33.6 Å². The minimum Gasteiger partial charge on any atom is -0.356 e. The summed E-state index contributed by atoms with van der Waals surface area (Å²) in [6.45, 7) is 4.97. The summed E-state index contributed by atoms with van der Waals surface area (Å²) in [7, 11) is 0. The molecule has 0 bridgehead atoms. The SMILES string of the molecule is CC(C)(C)[C@H](NC(=O)C(F)(F)F)C(=O)N1[C@H](C(=O)N[C@@H](C[C@@H]2CCNC2=O)C(=O)C(=O)NC2CC2)C[C@@H]2CCCC[C@@H]21. The highest BCUT2D eigenvalue weighted by Crippen LogP contribution is 2.41. The molecular weight excluding hydrogens is 559 g/mol. The van der Waals surface area contributed by atoms with Crippen LogP contribution in [0.4, 0.5) is 13.2 Å². The fraction of sp³-hybridized carbons (Fsp3) is 0.786. The second kappa shape index (κ2) is 12.2. The van der Waals surface area contributed by atoms with Crippen molar-refractivity contribution in [1.29, 1.82) is 0 Å². The van der Waals surface area contributed by atoms with E-state index in [0.29, 0.717) is 25.8 Å². The summed E-state index contributed by atoms with van der Waals surface area (Å²) in [5.74, 6) is -6.52. The first-order valence-electron chi connectivity index (χ1n) is 14.7. The van der Waals surface area contributed by atoms with Crippen molar-refractivity contribution in [2.75, 3.05) is 6.54 Å². The molecule has 0 radical (unpaired) electrons. The number of nitrogens with zero attached hydrogens (tertiary/aromatic N) is 1. The molecule has 11 nitrogen and oxygen atoms in total. The molecule has 42 heavy (non-hydrogen) atoms. The van der Waals surface area contributed by atoms with Gasteiger partial charge in [-0.05, 0) is 56.3 Å². The minimum absolute atomic E-state index is 0.0923. The quantitative estimate of drug-likeness (QED) is 0.291. The van der Waals surface area contributed by atoms with Gasteiger partial charge in [0.25, 0.3) is 5.91 Å². The number of hydrogen-bond acceptors (Lipinski definition) is 6. The third-order valence-electron chi connectivity index (χ3n) is 8.74. The van der Waals surface area contributed by atoms with E-state index in [4.69, 9.17) is 0 Å². The Morgan fingerprint density at radius 2 is 1.64 bits per heavy atom. The maximum atomic E-state index is 14.0. The molecule has 14 heteroatoms. The minimum atomic E-state index is -5.21. The number of halogens is 3. The molecule has 234 valence electrons. The number of alkyl halides is 3. The molecule has 4 N–H and O–H groups in total. The first-order valence-corrected chi connectivity index (χ1v) is 14.7. The second-order valence-electron chi connectivity index (χ2n) is 13.1. The normalized spacial score (nSPS) is 27.4. The van der Waals surface area contributed by atoms with E-state index >= 15 is 0 Å². The number of amides is 5. The zero-order valence-electron chi connectivity index (χ0n) is 24.1. The lowest BCUT2D eigenvalue weighted by molar-refractivity contribution is -0.176. The largest absolute Gasteiger partial charge is 0.471 e. The van der Waals surface area contributed by atoms with Gasteiger partial charge in [0.2, 0.25) is 23.5 Å². The van der Waals surface area contributed by atoms with E-state index < -0.39 is 71.1 Å². The van der Waals surface area contributed by atoms with Crippen molar-refractivity contribution in [2.45, 2.75) is 115 Å². The van der Waals surface area contributed by atoms with Crippen molar-refractivity contribution in [3.63, 3.8) is 0 Å². The Labute approximate surface area is 242 Å². The molecule has 0 aromatic heterocycles. The van der Waals surface area contributed by atoms with E-state index in [9.17, 15) is 41.9 Å². The first-order chi connectivity index (χ1) is 19.6. The Balaban J connectivity index is 1.59. The van der Waals surface area contributed by atoms with E-state index in [1.807, 2.05) is 5.32 Å². The summed E-state index contributed by atoms with van der Waals surface area (Å²) >= 11 is 0. The average Bonchev–Trinajstić information content (AvgIpc) is 3.49. The lowest BCUT2D eigenvalue weighted by atomic mass is 9.83. The molecular formula is C28H40F3N5O6. The summed E-state index contributed by atoms with van der Waals surface area (Å²) in [6, 6.07) is -4.57. The molecule has 4 aliphatic rings. The van der Waals surface area contributed by atoms with Crippen molar-refractivity contribution in [1.82, 2.24) is 26.2 Å². The molecule has 2 heterocycles. The van der Waals surface area contributed by atoms with Gasteiger partial charge >= 0.3 is 12.1 Å². The Bertz CT molecular complexity index is 1120. The lowest BCUT2D eigenvalue weighted by Gasteiger charge is -2.39. The molecule has 5 amide bonds. The Hall–Kier alpha value is -3.19. The van der Waals surface area contributed by atoms with Crippen molar-refractivity contribution in [3.8, 4) is 0 Å². The van der Waals surface area contributed by atoms with Gasteiger partial charge in [0.15, 0.2) is 0 Å². The van der Waals surface area contributed by atoms with Crippen LogP contribution < -0.4 is 21.3 Å². The highest BCUT2D eigenvalue weighted by atomic mass is 19.4. The van der Waals surface area contributed by atoms with Gasteiger partial charge in [-0.25, -0.2) is 0 Å². The summed E-state index contributed by atoms with van der Waals surface area (Å²) in [5.41, 5.74) is -1.12. The van der Waals surface area contributed by atoms with Crippen LogP contribution in [0.5, 0.6) is 0 Å². The number of carbonyl (C=O) groups is 6. The Morgan fingerprint density at radius 3 is 2.21 bits per heavy atom. The van der Waals surface area contributed by atoms with Gasteiger partial charge < -0.3 is 26.2 Å². The Morgan fingerprint density at radius 1 is 0.976 bits per heavy atom. The topological polar surface area (TPSA) is 154 Å². The third kappa shape index (κ3) is 7.23.